The molecule has 3 rings (SSSR count). The molecule has 23 heavy (non-hydrogen) atoms. The molecule has 6 heteroatoms. The molecule has 0 spiro atoms. The van der Waals surface area contributed by atoms with Gasteiger partial charge < -0.3 is 14.8 Å². The van der Waals surface area contributed by atoms with E-state index in [4.69, 9.17) is 0 Å². The fourth-order valence-corrected chi connectivity index (χ4v) is 2.99. The number of piperidine rings is 1. The number of hydrogen-bond donors (Lipinski definition) is 1. The summed E-state index contributed by atoms with van der Waals surface area (Å²) in [6, 6.07) is 4.01. The van der Waals surface area contributed by atoms with Crippen LogP contribution < -0.4 is 5.32 Å². The second-order valence-corrected chi connectivity index (χ2v) is 5.85. The Morgan fingerprint density at radius 2 is 2.00 bits per heavy atom. The Morgan fingerprint density at radius 1 is 1.26 bits per heavy atom. The van der Waals surface area contributed by atoms with Crippen molar-refractivity contribution in [2.75, 3.05) is 13.1 Å². The van der Waals surface area contributed by atoms with Crippen molar-refractivity contribution in [2.45, 2.75) is 38.9 Å². The Morgan fingerprint density at radius 3 is 2.70 bits per heavy atom. The molecule has 0 bridgehead atoms. The van der Waals surface area contributed by atoms with Crippen molar-refractivity contribution in [3.05, 3.63) is 48.3 Å². The normalized spacial score (nSPS) is 15.8. The summed E-state index contributed by atoms with van der Waals surface area (Å²) in [5, 5.41) is 3.59. The molecule has 1 amide bonds. The smallest absolute Gasteiger partial charge is 0.253 e. The van der Waals surface area contributed by atoms with Gasteiger partial charge in [0.05, 0.1) is 12.0 Å². The number of imidazole rings is 1. The maximum atomic E-state index is 12.4. The van der Waals surface area contributed by atoms with Gasteiger partial charge in [-0.1, -0.05) is 0 Å². The predicted molar refractivity (Wildman–Crippen MR) is 87.9 cm³/mol. The Balaban J connectivity index is 1.48. The monoisotopic (exact) mass is 313 g/mol. The fourth-order valence-electron chi connectivity index (χ4n) is 2.99. The van der Waals surface area contributed by atoms with Crippen LogP contribution in [-0.2, 0) is 13.1 Å². The Labute approximate surface area is 136 Å². The van der Waals surface area contributed by atoms with Crippen LogP contribution in [0.1, 0.15) is 35.8 Å². The van der Waals surface area contributed by atoms with Crippen LogP contribution in [0.5, 0.6) is 0 Å². The zero-order valence-electron chi connectivity index (χ0n) is 13.5. The highest BCUT2D eigenvalue weighted by Crippen LogP contribution is 2.14. The van der Waals surface area contributed by atoms with Gasteiger partial charge in [0.15, 0.2) is 0 Å². The summed E-state index contributed by atoms with van der Waals surface area (Å²) in [6.45, 7) is 5.48. The predicted octanol–water partition coefficient (Wildman–Crippen LogP) is 1.69. The van der Waals surface area contributed by atoms with E-state index >= 15 is 0 Å². The first-order chi connectivity index (χ1) is 11.3. The highest BCUT2D eigenvalue weighted by molar-refractivity contribution is 5.94. The van der Waals surface area contributed by atoms with Crippen molar-refractivity contribution in [2.24, 2.45) is 0 Å². The number of rotatable bonds is 5. The molecule has 2 aromatic rings. The lowest BCUT2D eigenvalue weighted by Crippen LogP contribution is -2.44. The number of nitrogens with zero attached hydrogens (tertiary/aromatic N) is 4. The minimum absolute atomic E-state index is 0.106. The first-order valence-electron chi connectivity index (χ1n) is 8.19. The average Bonchev–Trinajstić information content (AvgIpc) is 3.08. The van der Waals surface area contributed by atoms with Gasteiger partial charge in [-0.3, -0.25) is 9.78 Å². The molecular weight excluding hydrogens is 290 g/mol. The summed E-state index contributed by atoms with van der Waals surface area (Å²) in [5.41, 5.74) is 1.93. The molecule has 1 aliphatic heterocycles. The SMILES string of the molecule is CCn1cncc1CNC1CCN(C(=O)c2ccncc2)CC1. The topological polar surface area (TPSA) is 63.1 Å². The zero-order chi connectivity index (χ0) is 16.1. The molecule has 0 radical (unpaired) electrons. The molecule has 122 valence electrons. The van der Waals surface area contributed by atoms with E-state index < -0.39 is 0 Å². The molecule has 0 aromatic carbocycles. The lowest BCUT2D eigenvalue weighted by atomic mass is 10.0. The fraction of sp³-hybridized carbons (Fsp3) is 0.471. The van der Waals surface area contributed by atoms with Crippen molar-refractivity contribution in [1.29, 1.82) is 0 Å². The van der Waals surface area contributed by atoms with E-state index in [1.54, 1.807) is 24.5 Å². The van der Waals surface area contributed by atoms with Crippen LogP contribution in [0.25, 0.3) is 0 Å². The van der Waals surface area contributed by atoms with E-state index in [2.05, 4.69) is 26.8 Å². The van der Waals surface area contributed by atoms with Gasteiger partial charge >= 0.3 is 0 Å². The maximum Gasteiger partial charge on any atom is 0.253 e. The van der Waals surface area contributed by atoms with E-state index in [9.17, 15) is 4.79 Å². The van der Waals surface area contributed by atoms with Crippen LogP contribution in [0.4, 0.5) is 0 Å². The Bertz CT molecular complexity index is 631. The summed E-state index contributed by atoms with van der Waals surface area (Å²) in [7, 11) is 0. The number of nitrogens with one attached hydrogen (secondary N) is 1. The number of pyridine rings is 1. The van der Waals surface area contributed by atoms with E-state index in [-0.39, 0.29) is 5.91 Å². The maximum absolute atomic E-state index is 12.4. The van der Waals surface area contributed by atoms with Crippen LogP contribution >= 0.6 is 0 Å². The highest BCUT2D eigenvalue weighted by Gasteiger charge is 2.23. The molecule has 1 N–H and O–H groups in total. The van der Waals surface area contributed by atoms with Crippen molar-refractivity contribution in [3.63, 3.8) is 0 Å². The number of likely N-dealkylation sites (tertiary alicyclic amines) is 1. The highest BCUT2D eigenvalue weighted by atomic mass is 16.2. The van der Waals surface area contributed by atoms with Crippen molar-refractivity contribution in [3.8, 4) is 0 Å². The van der Waals surface area contributed by atoms with Crippen LogP contribution in [-0.4, -0.2) is 44.5 Å². The van der Waals surface area contributed by atoms with E-state index in [0.717, 1.165) is 44.6 Å². The van der Waals surface area contributed by atoms with Crippen molar-refractivity contribution in [1.82, 2.24) is 24.8 Å². The van der Waals surface area contributed by atoms with Crippen LogP contribution in [0.2, 0.25) is 0 Å². The van der Waals surface area contributed by atoms with Gasteiger partial charge in [-0.2, -0.15) is 0 Å². The molecule has 0 unspecified atom stereocenters. The summed E-state index contributed by atoms with van der Waals surface area (Å²) >= 11 is 0. The molecule has 0 aliphatic carbocycles. The number of aryl methyl sites for hydroxylation is 1. The Hall–Kier alpha value is -2.21. The van der Waals surface area contributed by atoms with Crippen molar-refractivity contribution < 1.29 is 4.79 Å². The van der Waals surface area contributed by atoms with Crippen LogP contribution in [0.3, 0.4) is 0 Å². The second-order valence-electron chi connectivity index (χ2n) is 5.85. The van der Waals surface area contributed by atoms with Gasteiger partial charge in [0.1, 0.15) is 0 Å². The number of carbonyl (C=O) groups excluding carboxylic acids is 1. The molecule has 1 fully saturated rings. The zero-order valence-corrected chi connectivity index (χ0v) is 13.5. The molecule has 0 atom stereocenters. The van der Waals surface area contributed by atoms with Gasteiger partial charge in [-0.25, -0.2) is 4.98 Å². The van der Waals surface area contributed by atoms with E-state index in [1.165, 1.54) is 5.69 Å². The minimum Gasteiger partial charge on any atom is -0.339 e. The number of carbonyl (C=O) groups is 1. The third-order valence-corrected chi connectivity index (χ3v) is 4.42. The lowest BCUT2D eigenvalue weighted by Gasteiger charge is -2.32. The first-order valence-corrected chi connectivity index (χ1v) is 8.19. The van der Waals surface area contributed by atoms with Crippen LogP contribution in [0, 0.1) is 0 Å². The summed E-state index contributed by atoms with van der Waals surface area (Å²) in [6.07, 6.45) is 9.08. The molecular formula is C17H23N5O. The van der Waals surface area contributed by atoms with Crippen LogP contribution in [0.15, 0.2) is 37.1 Å². The van der Waals surface area contributed by atoms with Gasteiger partial charge in [0, 0.05) is 56.4 Å². The summed E-state index contributed by atoms with van der Waals surface area (Å²) < 4.78 is 2.15. The van der Waals surface area contributed by atoms with Gasteiger partial charge in [-0.15, -0.1) is 0 Å². The summed E-state index contributed by atoms with van der Waals surface area (Å²) in [4.78, 5) is 22.5. The quantitative estimate of drug-likeness (QED) is 0.912. The molecule has 6 nitrogen and oxygen atoms in total. The summed E-state index contributed by atoms with van der Waals surface area (Å²) in [5.74, 6) is 0.106. The van der Waals surface area contributed by atoms with Gasteiger partial charge in [0.2, 0.25) is 0 Å². The minimum atomic E-state index is 0.106. The molecule has 0 saturated carbocycles. The second kappa shape index (κ2) is 7.37. The molecule has 1 saturated heterocycles. The number of amides is 1. The Kier molecular flexibility index (Phi) is 5.02. The average molecular weight is 313 g/mol. The molecule has 3 heterocycles. The van der Waals surface area contributed by atoms with Gasteiger partial charge in [-0.05, 0) is 31.9 Å². The largest absolute Gasteiger partial charge is 0.339 e. The van der Waals surface area contributed by atoms with Gasteiger partial charge in [0.25, 0.3) is 5.91 Å². The lowest BCUT2D eigenvalue weighted by molar-refractivity contribution is 0.0704. The van der Waals surface area contributed by atoms with E-state index in [0.29, 0.717) is 6.04 Å². The molecule has 2 aromatic heterocycles. The molecule has 1 aliphatic rings. The first kappa shape index (κ1) is 15.7. The number of aromatic nitrogens is 3. The third-order valence-electron chi connectivity index (χ3n) is 4.42. The standard InChI is InChI=1S/C17H23N5O/c1-2-21-13-19-11-16(21)12-20-15-5-9-22(10-6-15)17(23)14-3-7-18-8-4-14/h3-4,7-8,11,13,15,20H,2,5-6,9-10,12H2,1H3. The number of hydrogen-bond acceptors (Lipinski definition) is 4. The van der Waals surface area contributed by atoms with Crippen molar-refractivity contribution >= 4 is 5.91 Å². The van der Waals surface area contributed by atoms with E-state index in [1.807, 2.05) is 17.4 Å². The third kappa shape index (κ3) is 3.76.